The SMILES string of the molecule is Cc1cc(C(=O)N2Cc3cccn3Cc3ccccc32)ccc1CNC(=O)N1CCC[C@H]1C(=S)N1CCCN(C)CC1. The number of carbonyl (C=O) groups is 2. The zero-order valence-electron chi connectivity index (χ0n) is 24.6. The molecule has 0 radical (unpaired) electrons. The van der Waals surface area contributed by atoms with Crippen LogP contribution in [0.1, 0.15) is 52.0 Å². The average Bonchev–Trinajstić information content (AvgIpc) is 3.57. The smallest absolute Gasteiger partial charge is 0.318 e. The van der Waals surface area contributed by atoms with E-state index in [0.717, 1.165) is 91.6 Å². The van der Waals surface area contributed by atoms with Crippen LogP contribution in [0.5, 0.6) is 0 Å². The number of hydrogen-bond acceptors (Lipinski definition) is 4. The van der Waals surface area contributed by atoms with Crippen molar-refractivity contribution in [2.24, 2.45) is 0 Å². The first kappa shape index (κ1) is 28.4. The van der Waals surface area contributed by atoms with Gasteiger partial charge in [0.05, 0.1) is 12.6 Å². The molecule has 0 unspecified atom stereocenters. The van der Waals surface area contributed by atoms with Crippen LogP contribution in [-0.4, -0.2) is 82.0 Å². The van der Waals surface area contributed by atoms with Crippen molar-refractivity contribution < 1.29 is 9.59 Å². The molecule has 3 aliphatic rings. The molecule has 1 aromatic heterocycles. The zero-order chi connectivity index (χ0) is 29.2. The van der Waals surface area contributed by atoms with Crippen molar-refractivity contribution in [1.82, 2.24) is 24.6 Å². The van der Waals surface area contributed by atoms with Gasteiger partial charge in [0.25, 0.3) is 5.91 Å². The van der Waals surface area contributed by atoms with E-state index in [1.54, 1.807) is 0 Å². The number of nitrogens with zero attached hydrogens (tertiary/aromatic N) is 5. The lowest BCUT2D eigenvalue weighted by Gasteiger charge is -2.32. The highest BCUT2D eigenvalue weighted by Crippen LogP contribution is 2.29. The molecule has 220 valence electrons. The highest BCUT2D eigenvalue weighted by molar-refractivity contribution is 7.80. The molecule has 3 aromatic rings. The second-order valence-electron chi connectivity index (χ2n) is 11.8. The van der Waals surface area contributed by atoms with Crippen molar-refractivity contribution >= 4 is 34.8 Å². The fourth-order valence-electron chi connectivity index (χ4n) is 6.47. The van der Waals surface area contributed by atoms with Crippen LogP contribution in [0.4, 0.5) is 10.5 Å². The fourth-order valence-corrected chi connectivity index (χ4v) is 6.89. The molecule has 0 aliphatic carbocycles. The lowest BCUT2D eigenvalue weighted by Crippen LogP contribution is -2.50. The van der Waals surface area contributed by atoms with Crippen LogP contribution in [-0.2, 0) is 19.6 Å². The van der Waals surface area contributed by atoms with Crippen molar-refractivity contribution in [3.63, 3.8) is 0 Å². The molecule has 3 amide bonds. The third-order valence-electron chi connectivity index (χ3n) is 8.96. The number of anilines is 1. The van der Waals surface area contributed by atoms with Crippen LogP contribution in [0.2, 0.25) is 0 Å². The molecule has 8 nitrogen and oxygen atoms in total. The van der Waals surface area contributed by atoms with Gasteiger partial charge in [-0.05, 0) is 86.8 Å². The van der Waals surface area contributed by atoms with Crippen LogP contribution in [0.15, 0.2) is 60.8 Å². The van der Waals surface area contributed by atoms with Gasteiger partial charge in [-0.25, -0.2) is 4.79 Å². The van der Waals surface area contributed by atoms with E-state index in [1.165, 1.54) is 0 Å². The first-order chi connectivity index (χ1) is 20.4. The van der Waals surface area contributed by atoms with E-state index in [4.69, 9.17) is 12.2 Å². The summed E-state index contributed by atoms with van der Waals surface area (Å²) in [4.78, 5) is 36.5. The van der Waals surface area contributed by atoms with Gasteiger partial charge >= 0.3 is 6.03 Å². The van der Waals surface area contributed by atoms with E-state index >= 15 is 0 Å². The summed E-state index contributed by atoms with van der Waals surface area (Å²) in [7, 11) is 2.15. The number of para-hydroxylation sites is 1. The lowest BCUT2D eigenvalue weighted by atomic mass is 10.0. The summed E-state index contributed by atoms with van der Waals surface area (Å²) >= 11 is 5.92. The number of likely N-dealkylation sites (N-methyl/N-ethyl adjacent to an activating group) is 1. The highest BCUT2D eigenvalue weighted by Gasteiger charge is 2.34. The molecule has 6 rings (SSSR count). The highest BCUT2D eigenvalue weighted by atomic mass is 32.1. The Morgan fingerprint density at radius 2 is 1.81 bits per heavy atom. The number of hydrogen-bond donors (Lipinski definition) is 1. The molecule has 0 spiro atoms. The summed E-state index contributed by atoms with van der Waals surface area (Å²) in [5.41, 5.74) is 5.81. The number of rotatable bonds is 4. The summed E-state index contributed by atoms with van der Waals surface area (Å²) in [6.45, 7) is 8.35. The molecule has 0 saturated carbocycles. The van der Waals surface area contributed by atoms with Crippen LogP contribution in [0.3, 0.4) is 0 Å². The Balaban J connectivity index is 1.12. The van der Waals surface area contributed by atoms with Crippen molar-refractivity contribution in [3.05, 3.63) is 88.7 Å². The van der Waals surface area contributed by atoms with Crippen molar-refractivity contribution in [3.8, 4) is 0 Å². The first-order valence-electron chi connectivity index (χ1n) is 15.0. The number of aryl methyl sites for hydroxylation is 1. The number of likely N-dealkylation sites (tertiary alicyclic amines) is 1. The monoisotopic (exact) mass is 584 g/mol. The number of amides is 3. The largest absolute Gasteiger partial charge is 0.363 e. The van der Waals surface area contributed by atoms with E-state index < -0.39 is 0 Å². The maximum Gasteiger partial charge on any atom is 0.318 e. The van der Waals surface area contributed by atoms with Crippen LogP contribution in [0, 0.1) is 6.92 Å². The number of thiocarbonyl (C=S) groups is 1. The number of aromatic nitrogens is 1. The molecule has 1 N–H and O–H groups in total. The van der Waals surface area contributed by atoms with E-state index in [9.17, 15) is 9.59 Å². The van der Waals surface area contributed by atoms with Crippen molar-refractivity contribution in [1.29, 1.82) is 0 Å². The minimum Gasteiger partial charge on any atom is -0.363 e. The predicted octanol–water partition coefficient (Wildman–Crippen LogP) is 4.64. The second-order valence-corrected chi connectivity index (χ2v) is 12.2. The molecule has 2 fully saturated rings. The molecular formula is C33H40N6O2S. The third kappa shape index (κ3) is 5.80. The quantitative estimate of drug-likeness (QED) is 0.453. The molecule has 9 heteroatoms. The summed E-state index contributed by atoms with van der Waals surface area (Å²) in [5, 5.41) is 3.13. The Kier molecular flexibility index (Phi) is 8.31. The second kappa shape index (κ2) is 12.3. The first-order valence-corrected chi connectivity index (χ1v) is 15.4. The van der Waals surface area contributed by atoms with E-state index in [-0.39, 0.29) is 18.0 Å². The number of urea groups is 1. The maximum absolute atomic E-state index is 13.8. The lowest BCUT2D eigenvalue weighted by molar-refractivity contribution is 0.0984. The van der Waals surface area contributed by atoms with Gasteiger partial charge in [0, 0.05) is 62.4 Å². The molecule has 0 bridgehead atoms. The topological polar surface area (TPSA) is 64.1 Å². The van der Waals surface area contributed by atoms with Gasteiger partial charge < -0.3 is 29.5 Å². The standard InChI is InChI=1S/C33H40N6O2S/c1-24-20-25(31(40)39-23-28-9-5-15-37(28)22-27-8-3-4-10-29(27)39)12-13-26(24)21-34-33(41)38-17-6-11-30(38)32(42)36-16-7-14-35(2)18-19-36/h3-5,8-10,12-13,15,20,30H,6-7,11,14,16-19,21-23H2,1-2H3,(H,34,41)/t30-/m0/s1. The third-order valence-corrected chi connectivity index (χ3v) is 9.49. The summed E-state index contributed by atoms with van der Waals surface area (Å²) < 4.78 is 2.20. The number of carbonyl (C=O) groups excluding carboxylic acids is 2. The Morgan fingerprint density at radius 3 is 2.67 bits per heavy atom. The Bertz CT molecular complexity index is 1480. The maximum atomic E-state index is 13.8. The number of nitrogens with one attached hydrogen (secondary N) is 1. The summed E-state index contributed by atoms with van der Waals surface area (Å²) in [6.07, 6.45) is 5.04. The average molecular weight is 585 g/mol. The normalized spacial score (nSPS) is 19.1. The van der Waals surface area contributed by atoms with E-state index in [2.05, 4.69) is 45.1 Å². The van der Waals surface area contributed by atoms with Gasteiger partial charge in [0.1, 0.15) is 4.99 Å². The molecule has 2 saturated heterocycles. The van der Waals surface area contributed by atoms with Gasteiger partial charge in [0.2, 0.25) is 0 Å². The van der Waals surface area contributed by atoms with Crippen molar-refractivity contribution in [2.45, 2.75) is 51.9 Å². The molecule has 3 aliphatic heterocycles. The molecule has 2 aromatic carbocycles. The molecule has 42 heavy (non-hydrogen) atoms. The van der Waals surface area contributed by atoms with Gasteiger partial charge in [-0.3, -0.25) is 4.79 Å². The summed E-state index contributed by atoms with van der Waals surface area (Å²) in [5.74, 6) is -0.0242. The predicted molar refractivity (Wildman–Crippen MR) is 170 cm³/mol. The molecule has 4 heterocycles. The van der Waals surface area contributed by atoms with Gasteiger partial charge in [0.15, 0.2) is 0 Å². The number of fused-ring (bicyclic) bond motifs is 2. The van der Waals surface area contributed by atoms with E-state index in [1.807, 2.05) is 59.2 Å². The minimum absolute atomic E-state index is 0.0242. The molecule has 1 atom stereocenters. The zero-order valence-corrected chi connectivity index (χ0v) is 25.4. The minimum atomic E-state index is -0.0736. The van der Waals surface area contributed by atoms with Gasteiger partial charge in [-0.2, -0.15) is 0 Å². The van der Waals surface area contributed by atoms with Crippen LogP contribution >= 0.6 is 12.2 Å². The van der Waals surface area contributed by atoms with Gasteiger partial charge in [-0.1, -0.05) is 36.5 Å². The number of benzene rings is 2. The Hall–Kier alpha value is -3.69. The van der Waals surface area contributed by atoms with Gasteiger partial charge in [-0.15, -0.1) is 0 Å². The van der Waals surface area contributed by atoms with Crippen LogP contribution in [0.25, 0.3) is 0 Å². The summed E-state index contributed by atoms with van der Waals surface area (Å²) in [6, 6.07) is 17.9. The van der Waals surface area contributed by atoms with Crippen molar-refractivity contribution in [2.75, 3.05) is 44.7 Å². The fraction of sp³-hybridized carbons (Fsp3) is 0.424. The Morgan fingerprint density at radius 1 is 0.952 bits per heavy atom. The van der Waals surface area contributed by atoms with Crippen LogP contribution < -0.4 is 10.2 Å². The molecular weight excluding hydrogens is 544 g/mol. The Labute approximate surface area is 253 Å². The van der Waals surface area contributed by atoms with E-state index in [0.29, 0.717) is 18.7 Å².